The Morgan fingerprint density at radius 1 is 1.03 bits per heavy atom. The van der Waals surface area contributed by atoms with Crippen LogP contribution in [-0.4, -0.2) is 18.4 Å². The van der Waals surface area contributed by atoms with Crippen LogP contribution in [0.3, 0.4) is 0 Å². The largest absolute Gasteiger partial charge is 0.324 e. The van der Waals surface area contributed by atoms with E-state index in [9.17, 15) is 14.0 Å². The number of nitrogens with one attached hydrogen (secondary N) is 1. The Labute approximate surface area is 172 Å². The molecule has 0 spiro atoms. The number of fused-ring (bicyclic) bond motifs is 1. The highest BCUT2D eigenvalue weighted by Crippen LogP contribution is 2.45. The van der Waals surface area contributed by atoms with Gasteiger partial charge >= 0.3 is 0 Å². The minimum Gasteiger partial charge on any atom is -0.324 e. The lowest BCUT2D eigenvalue weighted by Gasteiger charge is -2.22. The van der Waals surface area contributed by atoms with Gasteiger partial charge in [-0.3, -0.25) is 9.59 Å². The van der Waals surface area contributed by atoms with Crippen molar-refractivity contribution in [3.05, 3.63) is 90.2 Å². The summed E-state index contributed by atoms with van der Waals surface area (Å²) in [5, 5.41) is 2.64. The lowest BCUT2D eigenvalue weighted by Crippen LogP contribution is -2.38. The molecule has 0 saturated carbocycles. The number of carbonyl (C=O) groups is 2. The first kappa shape index (κ1) is 19.2. The Balaban J connectivity index is 1.58. The second-order valence-electron chi connectivity index (χ2n) is 6.73. The molecular formula is C23H19FN2O2S. The normalized spacial score (nSPS) is 16.1. The summed E-state index contributed by atoms with van der Waals surface area (Å²) >= 11 is 1.63. The van der Waals surface area contributed by atoms with Crippen LogP contribution in [-0.2, 0) is 9.59 Å². The van der Waals surface area contributed by atoms with Crippen LogP contribution in [0, 0.1) is 5.82 Å². The molecule has 0 aliphatic carbocycles. The Kier molecular flexibility index (Phi) is 5.62. The first-order valence-corrected chi connectivity index (χ1v) is 10.1. The number of thioether (sulfide) groups is 1. The first-order chi connectivity index (χ1) is 14.1. The highest BCUT2D eigenvalue weighted by molar-refractivity contribution is 7.99. The van der Waals surface area contributed by atoms with Crippen molar-refractivity contribution in [3.63, 3.8) is 0 Å². The molecule has 0 saturated heterocycles. The van der Waals surface area contributed by atoms with Crippen LogP contribution in [0.5, 0.6) is 0 Å². The van der Waals surface area contributed by atoms with Gasteiger partial charge in [0.05, 0.1) is 5.69 Å². The zero-order chi connectivity index (χ0) is 20.2. The van der Waals surface area contributed by atoms with Crippen LogP contribution in [0.2, 0.25) is 0 Å². The van der Waals surface area contributed by atoms with Gasteiger partial charge < -0.3 is 10.2 Å². The zero-order valence-corrected chi connectivity index (χ0v) is 16.4. The van der Waals surface area contributed by atoms with Crippen LogP contribution in [0.1, 0.15) is 17.2 Å². The molecule has 0 radical (unpaired) electrons. The van der Waals surface area contributed by atoms with E-state index in [1.165, 1.54) is 23.1 Å². The average molecular weight is 406 g/mol. The van der Waals surface area contributed by atoms with Gasteiger partial charge in [0.25, 0.3) is 0 Å². The summed E-state index contributed by atoms with van der Waals surface area (Å²) in [6, 6.07) is 23.2. The number of anilines is 2. The van der Waals surface area contributed by atoms with Crippen molar-refractivity contribution in [2.75, 3.05) is 16.8 Å². The van der Waals surface area contributed by atoms with Crippen molar-refractivity contribution in [2.24, 2.45) is 0 Å². The molecule has 0 bridgehead atoms. The summed E-state index contributed by atoms with van der Waals surface area (Å²) in [4.78, 5) is 28.1. The Hall–Kier alpha value is -3.12. The van der Waals surface area contributed by atoms with Gasteiger partial charge in [-0.15, -0.1) is 11.8 Å². The smallest absolute Gasteiger partial charge is 0.244 e. The van der Waals surface area contributed by atoms with Gasteiger partial charge in [0.2, 0.25) is 11.8 Å². The minimum atomic E-state index is -0.430. The number of amides is 2. The fourth-order valence-corrected chi connectivity index (χ4v) is 4.60. The molecule has 0 unspecified atom stereocenters. The molecular weight excluding hydrogens is 387 g/mol. The number of nitrogens with zero attached hydrogens (tertiary/aromatic N) is 1. The van der Waals surface area contributed by atoms with Gasteiger partial charge in [0, 0.05) is 22.3 Å². The van der Waals surface area contributed by atoms with E-state index in [2.05, 4.69) is 5.32 Å². The van der Waals surface area contributed by atoms with Gasteiger partial charge in [-0.25, -0.2) is 4.39 Å². The third-order valence-electron chi connectivity index (χ3n) is 4.67. The van der Waals surface area contributed by atoms with Crippen molar-refractivity contribution < 1.29 is 14.0 Å². The number of hydrogen-bond donors (Lipinski definition) is 1. The standard InChI is InChI=1S/C23H19FN2O2S/c24-17-9-6-10-18(13-17)25-22(27)15-26-19-11-4-5-12-20(19)29-21(14-23(26)28)16-7-2-1-3-8-16/h1-13,21H,14-15H2,(H,25,27)/t21-/m0/s1. The van der Waals surface area contributed by atoms with E-state index in [-0.39, 0.29) is 30.0 Å². The zero-order valence-electron chi connectivity index (χ0n) is 15.5. The predicted octanol–water partition coefficient (Wildman–Crippen LogP) is 5.03. The monoisotopic (exact) mass is 406 g/mol. The average Bonchev–Trinajstić information content (AvgIpc) is 2.85. The second-order valence-corrected chi connectivity index (χ2v) is 7.97. The van der Waals surface area contributed by atoms with E-state index in [1.807, 2.05) is 54.6 Å². The lowest BCUT2D eigenvalue weighted by molar-refractivity contribution is -0.121. The van der Waals surface area contributed by atoms with Gasteiger partial charge in [0.15, 0.2) is 0 Å². The van der Waals surface area contributed by atoms with E-state index in [0.29, 0.717) is 5.69 Å². The molecule has 1 atom stereocenters. The summed E-state index contributed by atoms with van der Waals surface area (Å²) in [7, 11) is 0. The van der Waals surface area contributed by atoms with Crippen molar-refractivity contribution in [1.82, 2.24) is 0 Å². The van der Waals surface area contributed by atoms with E-state index < -0.39 is 5.82 Å². The molecule has 146 valence electrons. The molecule has 6 heteroatoms. The van der Waals surface area contributed by atoms with Crippen LogP contribution in [0.4, 0.5) is 15.8 Å². The number of rotatable bonds is 4. The molecule has 0 fully saturated rings. The summed E-state index contributed by atoms with van der Waals surface area (Å²) < 4.78 is 13.4. The highest BCUT2D eigenvalue weighted by Gasteiger charge is 2.30. The lowest BCUT2D eigenvalue weighted by atomic mass is 10.1. The summed E-state index contributed by atoms with van der Waals surface area (Å²) in [5.41, 5.74) is 2.16. The van der Waals surface area contributed by atoms with Crippen LogP contribution in [0.25, 0.3) is 0 Å². The molecule has 4 nitrogen and oxygen atoms in total. The molecule has 3 aromatic rings. The van der Waals surface area contributed by atoms with Gasteiger partial charge in [-0.2, -0.15) is 0 Å². The van der Waals surface area contributed by atoms with E-state index in [1.54, 1.807) is 17.8 Å². The topological polar surface area (TPSA) is 49.4 Å². The molecule has 0 aromatic heterocycles. The first-order valence-electron chi connectivity index (χ1n) is 9.26. The maximum atomic E-state index is 13.4. The van der Waals surface area contributed by atoms with Crippen LogP contribution in [0.15, 0.2) is 83.8 Å². The van der Waals surface area contributed by atoms with Gasteiger partial charge in [-0.1, -0.05) is 48.5 Å². The maximum absolute atomic E-state index is 13.4. The molecule has 1 heterocycles. The Morgan fingerprint density at radius 3 is 2.59 bits per heavy atom. The molecule has 3 aromatic carbocycles. The van der Waals surface area contributed by atoms with Gasteiger partial charge in [0.1, 0.15) is 12.4 Å². The maximum Gasteiger partial charge on any atom is 0.244 e. The molecule has 1 aliphatic rings. The van der Waals surface area contributed by atoms with E-state index >= 15 is 0 Å². The third kappa shape index (κ3) is 4.49. The Morgan fingerprint density at radius 2 is 1.79 bits per heavy atom. The summed E-state index contributed by atoms with van der Waals surface area (Å²) in [6.45, 7) is -0.131. The molecule has 29 heavy (non-hydrogen) atoms. The molecule has 1 aliphatic heterocycles. The summed E-state index contributed by atoms with van der Waals surface area (Å²) in [6.07, 6.45) is 0.288. The SMILES string of the molecule is O=C(CN1C(=O)C[C@@H](c2ccccc2)Sc2ccccc21)Nc1cccc(F)c1. The van der Waals surface area contributed by atoms with Crippen molar-refractivity contribution in [1.29, 1.82) is 0 Å². The number of carbonyl (C=O) groups excluding carboxylic acids is 2. The fourth-order valence-electron chi connectivity index (χ4n) is 3.32. The fraction of sp³-hybridized carbons (Fsp3) is 0.130. The molecule has 4 rings (SSSR count). The van der Waals surface area contributed by atoms with E-state index in [0.717, 1.165) is 16.1 Å². The number of hydrogen-bond acceptors (Lipinski definition) is 3. The summed E-state index contributed by atoms with van der Waals surface area (Å²) in [5.74, 6) is -0.922. The number of benzene rings is 3. The van der Waals surface area contributed by atoms with Gasteiger partial charge in [-0.05, 0) is 35.9 Å². The molecule has 2 amide bonds. The predicted molar refractivity (Wildman–Crippen MR) is 113 cm³/mol. The second kappa shape index (κ2) is 8.49. The number of para-hydroxylation sites is 1. The third-order valence-corrected chi connectivity index (χ3v) is 5.99. The van der Waals surface area contributed by atoms with Crippen molar-refractivity contribution >= 4 is 35.0 Å². The minimum absolute atomic E-state index is 0.0267. The van der Waals surface area contributed by atoms with E-state index in [4.69, 9.17) is 0 Å². The Bertz CT molecular complexity index is 1040. The van der Waals surface area contributed by atoms with Crippen LogP contribution >= 0.6 is 11.8 Å². The van der Waals surface area contributed by atoms with Crippen molar-refractivity contribution in [2.45, 2.75) is 16.6 Å². The number of halogens is 1. The quantitative estimate of drug-likeness (QED) is 0.661. The van der Waals surface area contributed by atoms with Crippen LogP contribution < -0.4 is 10.2 Å². The molecule has 1 N–H and O–H groups in total. The highest BCUT2D eigenvalue weighted by atomic mass is 32.2. The van der Waals surface area contributed by atoms with Crippen molar-refractivity contribution in [3.8, 4) is 0 Å².